The predicted molar refractivity (Wildman–Crippen MR) is 99.6 cm³/mol. The van der Waals surface area contributed by atoms with Gasteiger partial charge < -0.3 is 4.74 Å². The van der Waals surface area contributed by atoms with Crippen molar-refractivity contribution in [3.8, 4) is 21.8 Å². The van der Waals surface area contributed by atoms with Crippen molar-refractivity contribution in [2.75, 3.05) is 7.11 Å². The van der Waals surface area contributed by atoms with Gasteiger partial charge in [-0.3, -0.25) is 0 Å². The second-order valence-corrected chi connectivity index (χ2v) is 6.37. The molecule has 0 aliphatic heterocycles. The summed E-state index contributed by atoms with van der Waals surface area (Å²) in [5.41, 5.74) is 4.26. The van der Waals surface area contributed by atoms with Crippen molar-refractivity contribution in [2.24, 2.45) is 0 Å². The number of rotatable bonds is 3. The molecule has 0 unspecified atom stereocenters. The maximum Gasteiger partial charge on any atom is 0.338 e. The Morgan fingerprint density at radius 3 is 2.24 bits per heavy atom. The summed E-state index contributed by atoms with van der Waals surface area (Å²) in [5, 5.41) is 2.00. The summed E-state index contributed by atoms with van der Waals surface area (Å²) in [6, 6.07) is 19.0. The highest BCUT2D eigenvalue weighted by molar-refractivity contribution is 7.13. The summed E-state index contributed by atoms with van der Waals surface area (Å²) in [7, 11) is 1.38. The molecule has 0 fully saturated rings. The van der Waals surface area contributed by atoms with E-state index in [4.69, 9.17) is 14.7 Å². The molecule has 4 rings (SSSR count). The monoisotopic (exact) mass is 346 g/mol. The predicted octanol–water partition coefficient (Wildman–Crippen LogP) is 4.81. The molecular formula is C20H14N2O2S. The van der Waals surface area contributed by atoms with Crippen molar-refractivity contribution in [2.45, 2.75) is 0 Å². The van der Waals surface area contributed by atoms with E-state index < -0.39 is 0 Å². The van der Waals surface area contributed by atoms with Gasteiger partial charge in [0.25, 0.3) is 0 Å². The second kappa shape index (κ2) is 6.45. The van der Waals surface area contributed by atoms with Crippen molar-refractivity contribution in [3.05, 3.63) is 71.6 Å². The van der Waals surface area contributed by atoms with Gasteiger partial charge in [-0.05, 0) is 29.6 Å². The van der Waals surface area contributed by atoms with Crippen molar-refractivity contribution < 1.29 is 9.53 Å². The molecule has 122 valence electrons. The van der Waals surface area contributed by atoms with Gasteiger partial charge in [-0.25, -0.2) is 14.8 Å². The number of hydrogen-bond donors (Lipinski definition) is 0. The molecule has 0 saturated heterocycles. The summed E-state index contributed by atoms with van der Waals surface area (Å²) in [4.78, 5) is 22.8. The summed E-state index contributed by atoms with van der Waals surface area (Å²) in [6.45, 7) is 0. The van der Waals surface area contributed by atoms with E-state index in [0.717, 1.165) is 27.2 Å². The largest absolute Gasteiger partial charge is 0.465 e. The zero-order valence-electron chi connectivity index (χ0n) is 13.5. The van der Waals surface area contributed by atoms with Crippen LogP contribution >= 0.6 is 11.3 Å². The van der Waals surface area contributed by atoms with E-state index >= 15 is 0 Å². The van der Waals surface area contributed by atoms with Gasteiger partial charge in [0, 0.05) is 5.56 Å². The molecule has 2 aromatic carbocycles. The average molecular weight is 346 g/mol. The van der Waals surface area contributed by atoms with Crippen LogP contribution in [0, 0.1) is 0 Å². The Bertz CT molecular complexity index is 1060. The Hall–Kier alpha value is -3.05. The Morgan fingerprint density at radius 2 is 1.56 bits per heavy atom. The minimum atomic E-state index is -0.386. The van der Waals surface area contributed by atoms with Gasteiger partial charge in [0.15, 0.2) is 0 Å². The molecule has 0 radical (unpaired) electrons. The molecule has 5 heteroatoms. The highest BCUT2D eigenvalue weighted by atomic mass is 32.1. The number of nitrogens with zero attached hydrogens (tertiary/aromatic N) is 2. The van der Waals surface area contributed by atoms with Crippen LogP contribution in [0.2, 0.25) is 0 Å². The van der Waals surface area contributed by atoms with Crippen LogP contribution in [0.1, 0.15) is 10.4 Å². The highest BCUT2D eigenvalue weighted by Gasteiger charge is 2.19. The highest BCUT2D eigenvalue weighted by Crippen LogP contribution is 2.35. The first-order valence-electron chi connectivity index (χ1n) is 7.76. The molecule has 0 atom stereocenters. The molecule has 0 aliphatic carbocycles. The SMILES string of the molecule is COC(=O)c1ccccc1-c1nc2ccccc2nc1-c1cccs1. The number of hydrogen-bond acceptors (Lipinski definition) is 5. The number of methoxy groups -OCH3 is 1. The molecule has 4 nitrogen and oxygen atoms in total. The van der Waals surface area contributed by atoms with Crippen LogP contribution in [0.4, 0.5) is 0 Å². The van der Waals surface area contributed by atoms with Gasteiger partial charge in [-0.1, -0.05) is 36.4 Å². The number of ether oxygens (including phenoxy) is 1. The molecule has 0 spiro atoms. The number of carbonyl (C=O) groups is 1. The lowest BCUT2D eigenvalue weighted by Crippen LogP contribution is -2.05. The van der Waals surface area contributed by atoms with Crippen LogP contribution in [-0.2, 0) is 4.74 Å². The fourth-order valence-electron chi connectivity index (χ4n) is 2.75. The lowest BCUT2D eigenvalue weighted by Gasteiger charge is -2.12. The third-order valence-electron chi connectivity index (χ3n) is 3.91. The Kier molecular flexibility index (Phi) is 3.99. The third kappa shape index (κ3) is 2.79. The molecule has 0 N–H and O–H groups in total. The van der Waals surface area contributed by atoms with E-state index in [2.05, 4.69) is 0 Å². The van der Waals surface area contributed by atoms with Gasteiger partial charge in [-0.15, -0.1) is 11.3 Å². The van der Waals surface area contributed by atoms with Crippen molar-refractivity contribution in [1.29, 1.82) is 0 Å². The van der Waals surface area contributed by atoms with E-state index in [1.807, 2.05) is 60.0 Å². The standard InChI is InChI=1S/C20H14N2O2S/c1-24-20(23)14-8-3-2-7-13(14)18-19(17-11-6-12-25-17)22-16-10-5-4-9-15(16)21-18/h2-12H,1H3. The van der Waals surface area contributed by atoms with Crippen LogP contribution in [0.5, 0.6) is 0 Å². The van der Waals surface area contributed by atoms with Crippen molar-refractivity contribution in [1.82, 2.24) is 9.97 Å². The molecule has 4 aromatic rings. The normalized spacial score (nSPS) is 10.8. The summed E-state index contributed by atoms with van der Waals surface area (Å²) < 4.78 is 4.93. The lowest BCUT2D eigenvalue weighted by atomic mass is 10.0. The van der Waals surface area contributed by atoms with Gasteiger partial charge in [0.05, 0.1) is 34.3 Å². The zero-order valence-corrected chi connectivity index (χ0v) is 14.3. The second-order valence-electron chi connectivity index (χ2n) is 5.42. The molecule has 0 saturated carbocycles. The fourth-order valence-corrected chi connectivity index (χ4v) is 3.47. The van der Waals surface area contributed by atoms with Crippen LogP contribution in [0.15, 0.2) is 66.0 Å². The number of thiophene rings is 1. The van der Waals surface area contributed by atoms with E-state index in [-0.39, 0.29) is 5.97 Å². The van der Waals surface area contributed by atoms with Gasteiger partial charge in [-0.2, -0.15) is 0 Å². The number of aromatic nitrogens is 2. The van der Waals surface area contributed by atoms with Gasteiger partial charge >= 0.3 is 5.97 Å². The van der Waals surface area contributed by atoms with E-state index in [0.29, 0.717) is 11.3 Å². The molecule has 0 bridgehead atoms. The van der Waals surface area contributed by atoms with Crippen LogP contribution in [-0.4, -0.2) is 23.0 Å². The Morgan fingerprint density at radius 1 is 0.880 bits per heavy atom. The Balaban J connectivity index is 2.04. The number of carbonyl (C=O) groups excluding carboxylic acids is 1. The minimum absolute atomic E-state index is 0.386. The fraction of sp³-hybridized carbons (Fsp3) is 0.0500. The smallest absolute Gasteiger partial charge is 0.338 e. The first kappa shape index (κ1) is 15.5. The number of fused-ring (bicyclic) bond motifs is 1. The van der Waals surface area contributed by atoms with Crippen LogP contribution in [0.3, 0.4) is 0 Å². The molecule has 0 aliphatic rings. The van der Waals surface area contributed by atoms with Crippen molar-refractivity contribution >= 4 is 28.3 Å². The molecule has 25 heavy (non-hydrogen) atoms. The molecule has 0 amide bonds. The van der Waals surface area contributed by atoms with Crippen LogP contribution in [0.25, 0.3) is 32.9 Å². The van der Waals surface area contributed by atoms with Gasteiger partial charge in [0.1, 0.15) is 5.69 Å². The summed E-state index contributed by atoms with van der Waals surface area (Å²) >= 11 is 1.59. The number of esters is 1. The first-order valence-corrected chi connectivity index (χ1v) is 8.64. The van der Waals surface area contributed by atoms with E-state index in [1.165, 1.54) is 7.11 Å². The average Bonchev–Trinajstić information content (AvgIpc) is 3.21. The van der Waals surface area contributed by atoms with Crippen LogP contribution < -0.4 is 0 Å². The topological polar surface area (TPSA) is 52.1 Å². The molecule has 2 heterocycles. The summed E-state index contributed by atoms with van der Waals surface area (Å²) in [5.74, 6) is -0.386. The minimum Gasteiger partial charge on any atom is -0.465 e. The summed E-state index contributed by atoms with van der Waals surface area (Å²) in [6.07, 6.45) is 0. The Labute approximate surface area is 148 Å². The zero-order chi connectivity index (χ0) is 17.2. The quantitative estimate of drug-likeness (QED) is 0.499. The maximum absolute atomic E-state index is 12.2. The first-order chi connectivity index (χ1) is 12.3. The molecule has 2 aromatic heterocycles. The number of para-hydroxylation sites is 2. The number of benzene rings is 2. The lowest BCUT2D eigenvalue weighted by molar-refractivity contribution is 0.0601. The third-order valence-corrected chi connectivity index (χ3v) is 4.79. The van der Waals surface area contributed by atoms with Crippen molar-refractivity contribution in [3.63, 3.8) is 0 Å². The molecular weight excluding hydrogens is 332 g/mol. The van der Waals surface area contributed by atoms with E-state index in [9.17, 15) is 4.79 Å². The van der Waals surface area contributed by atoms with E-state index in [1.54, 1.807) is 17.4 Å². The van der Waals surface area contributed by atoms with Gasteiger partial charge in [0.2, 0.25) is 0 Å². The maximum atomic E-state index is 12.2.